The normalized spacial score (nSPS) is 24.2. The van der Waals surface area contributed by atoms with Crippen LogP contribution in [0.2, 0.25) is 0 Å². The molecule has 13 nitrogen and oxygen atoms in total. The fourth-order valence-electron chi connectivity index (χ4n) is 4.72. The highest BCUT2D eigenvalue weighted by molar-refractivity contribution is 7.52. The van der Waals surface area contributed by atoms with Gasteiger partial charge in [0.1, 0.15) is 29.7 Å². The molecular weight excluding hydrogens is 608 g/mol. The maximum Gasteiger partial charge on any atom is 0.459 e. The van der Waals surface area contributed by atoms with Gasteiger partial charge in [0.15, 0.2) is 29.5 Å². The molecule has 0 spiro atoms. The summed E-state index contributed by atoms with van der Waals surface area (Å²) in [5, 5.41) is 14.4. The second kappa shape index (κ2) is 12.3. The Morgan fingerprint density at radius 3 is 2.64 bits per heavy atom. The number of ether oxygens (including phenoxy) is 2. The van der Waals surface area contributed by atoms with Crippen LogP contribution >= 0.6 is 7.75 Å². The average Bonchev–Trinajstić information content (AvgIpc) is 3.52. The minimum atomic E-state index is -4.76. The number of nitrogens with zero attached hydrogens (tertiary/aromatic N) is 4. The van der Waals surface area contributed by atoms with E-state index in [1.807, 2.05) is 0 Å². The van der Waals surface area contributed by atoms with Crippen molar-refractivity contribution >= 4 is 41.5 Å². The predicted octanol–water partition coefficient (Wildman–Crippen LogP) is 3.93. The Labute approximate surface area is 249 Å². The smallest absolute Gasteiger partial charge is 0.459 e. The number of carbonyl (C=O) groups excluding carboxylic acids is 1. The van der Waals surface area contributed by atoms with Crippen molar-refractivity contribution in [3.8, 4) is 5.75 Å². The third kappa shape index (κ3) is 5.95. The Balaban J connectivity index is 1.47. The van der Waals surface area contributed by atoms with Crippen LogP contribution in [0.5, 0.6) is 5.75 Å². The van der Waals surface area contributed by atoms with E-state index in [0.29, 0.717) is 10.8 Å². The molecule has 1 saturated heterocycles. The number of esters is 1. The van der Waals surface area contributed by atoms with Crippen molar-refractivity contribution < 1.29 is 46.2 Å². The largest absolute Gasteiger partial charge is 0.462 e. The van der Waals surface area contributed by atoms with Crippen LogP contribution in [0.15, 0.2) is 55.1 Å². The summed E-state index contributed by atoms with van der Waals surface area (Å²) in [4.78, 5) is 24.3. The molecule has 2 aromatic carbocycles. The third-order valence-electron chi connectivity index (χ3n) is 6.93. The molecule has 236 valence electrons. The Kier molecular flexibility index (Phi) is 8.82. The molecule has 1 aliphatic heterocycles. The number of carbonyl (C=O) groups is 1. The molecule has 5 rings (SSSR count). The third-order valence-corrected chi connectivity index (χ3v) is 8.54. The molecule has 2 aromatic heterocycles. The van der Waals surface area contributed by atoms with Gasteiger partial charge in [-0.25, -0.2) is 32.7 Å². The van der Waals surface area contributed by atoms with Crippen molar-refractivity contribution in [2.45, 2.75) is 63.4 Å². The molecule has 1 aliphatic rings. The van der Waals surface area contributed by atoms with E-state index in [1.165, 1.54) is 13.0 Å². The monoisotopic (exact) mass is 638 g/mol. The Bertz CT molecular complexity index is 1710. The first-order valence-electron chi connectivity index (χ1n) is 13.5. The van der Waals surface area contributed by atoms with E-state index >= 15 is 4.39 Å². The van der Waals surface area contributed by atoms with Gasteiger partial charge in [0, 0.05) is 5.39 Å². The number of nitrogens with two attached hydrogens (primary N) is 1. The van der Waals surface area contributed by atoms with Gasteiger partial charge in [0.05, 0.1) is 19.0 Å². The first-order valence-corrected chi connectivity index (χ1v) is 15.0. The molecule has 4 N–H and O–H groups in total. The van der Waals surface area contributed by atoms with Crippen LogP contribution in [0.4, 0.5) is 19.0 Å². The van der Waals surface area contributed by atoms with Crippen molar-refractivity contribution in [3.05, 3.63) is 55.1 Å². The van der Waals surface area contributed by atoms with E-state index in [4.69, 9.17) is 24.3 Å². The zero-order valence-corrected chi connectivity index (χ0v) is 24.6. The van der Waals surface area contributed by atoms with Crippen LogP contribution in [-0.4, -0.2) is 73.6 Å². The maximum atomic E-state index is 15.5. The summed E-state index contributed by atoms with van der Waals surface area (Å²) in [7, 11) is -4.76. The van der Waals surface area contributed by atoms with Gasteiger partial charge in [0.25, 0.3) is 6.43 Å². The second-order valence-corrected chi connectivity index (χ2v) is 12.1. The molecule has 0 aliphatic carbocycles. The van der Waals surface area contributed by atoms with Gasteiger partial charge in [0.2, 0.25) is 0 Å². The van der Waals surface area contributed by atoms with Crippen LogP contribution in [0.1, 0.15) is 27.0 Å². The highest BCUT2D eigenvalue weighted by Crippen LogP contribution is 2.51. The first-order chi connectivity index (χ1) is 20.8. The fraction of sp³-hybridized carbons (Fsp3) is 0.407. The number of halogens is 3. The molecule has 0 bridgehead atoms. The Morgan fingerprint density at radius 1 is 1.18 bits per heavy atom. The molecule has 6 atom stereocenters. The maximum absolute atomic E-state index is 15.5. The van der Waals surface area contributed by atoms with E-state index in [1.54, 1.807) is 50.2 Å². The summed E-state index contributed by atoms with van der Waals surface area (Å²) in [6.07, 6.45) is -8.71. The van der Waals surface area contributed by atoms with Gasteiger partial charge in [-0.1, -0.05) is 36.4 Å². The second-order valence-electron chi connectivity index (χ2n) is 10.4. The molecule has 0 radical (unpaired) electrons. The highest BCUT2D eigenvalue weighted by Gasteiger charge is 2.62. The van der Waals surface area contributed by atoms with E-state index in [2.05, 4.69) is 20.0 Å². The van der Waals surface area contributed by atoms with Gasteiger partial charge >= 0.3 is 13.7 Å². The molecule has 0 amide bonds. The summed E-state index contributed by atoms with van der Waals surface area (Å²) < 4.78 is 82.0. The average molecular weight is 639 g/mol. The van der Waals surface area contributed by atoms with Gasteiger partial charge in [-0.2, -0.15) is 5.09 Å². The summed E-state index contributed by atoms with van der Waals surface area (Å²) in [5.41, 5.74) is 2.76. The molecule has 17 heteroatoms. The number of alkyl halides is 3. The lowest BCUT2D eigenvalue weighted by Gasteiger charge is -2.32. The van der Waals surface area contributed by atoms with E-state index < -0.39 is 63.0 Å². The van der Waals surface area contributed by atoms with Gasteiger partial charge in [-0.15, -0.1) is 0 Å². The van der Waals surface area contributed by atoms with Crippen molar-refractivity contribution in [2.75, 3.05) is 12.3 Å². The standard InChI is InChI=1S/C27H30F3N6O7P/c1-14(2)41-25(38)15(3)35-44(39,43-18-10-6-8-16-7-4-5-9-17(16)18)40-11-27(26(29)30)21(37)19(28)24(42-27)36-13-34-20-22(31)32-12-33-23(20)36/h4-10,12-15,19,21,24,26,37H,11H2,1-3H3,(H,35,39)(H2,31,32,33)/t15-,19-,21-,24+,27+,44?/m0/s1. The molecule has 1 unspecified atom stereocenters. The fourth-order valence-corrected chi connectivity index (χ4v) is 6.27. The molecule has 4 aromatic rings. The van der Waals surface area contributed by atoms with Gasteiger partial charge in [-0.3, -0.25) is 13.9 Å². The lowest BCUT2D eigenvalue weighted by molar-refractivity contribution is -0.191. The van der Waals surface area contributed by atoms with Crippen molar-refractivity contribution in [3.63, 3.8) is 0 Å². The summed E-state index contributed by atoms with van der Waals surface area (Å²) in [6, 6.07) is 10.4. The van der Waals surface area contributed by atoms with Crippen LogP contribution in [-0.2, 0) is 23.4 Å². The SMILES string of the molecule is CC(C)OC(=O)[C@H](C)NP(=O)(OC[C@@]1(C(F)F)O[C@@H](n2cnc3c(N)ncnc32)[C@@H](F)[C@@H]1O)Oc1cccc2ccccc12. The van der Waals surface area contributed by atoms with Crippen LogP contribution in [0.25, 0.3) is 21.9 Å². The molecule has 3 heterocycles. The number of aromatic nitrogens is 4. The van der Waals surface area contributed by atoms with Crippen LogP contribution in [0.3, 0.4) is 0 Å². The molecule has 1 fully saturated rings. The number of nitrogen functional groups attached to an aromatic ring is 1. The molecular formula is C27H30F3N6O7P. The van der Waals surface area contributed by atoms with E-state index in [9.17, 15) is 23.2 Å². The number of imidazole rings is 1. The Hall–Kier alpha value is -3.82. The lowest BCUT2D eigenvalue weighted by Crippen LogP contribution is -2.52. The number of fused-ring (bicyclic) bond motifs is 2. The number of hydrogen-bond acceptors (Lipinski definition) is 11. The molecule has 44 heavy (non-hydrogen) atoms. The van der Waals surface area contributed by atoms with Crippen molar-refractivity contribution in [1.29, 1.82) is 0 Å². The topological polar surface area (TPSA) is 173 Å². The Morgan fingerprint density at radius 2 is 1.91 bits per heavy atom. The van der Waals surface area contributed by atoms with Gasteiger partial charge < -0.3 is 24.8 Å². The molecule has 0 saturated carbocycles. The number of hydrogen-bond donors (Lipinski definition) is 3. The zero-order chi connectivity index (χ0) is 31.8. The van der Waals surface area contributed by atoms with Gasteiger partial charge in [-0.05, 0) is 32.2 Å². The van der Waals surface area contributed by atoms with Crippen molar-refractivity contribution in [2.24, 2.45) is 0 Å². The lowest BCUT2D eigenvalue weighted by atomic mass is 9.97. The minimum absolute atomic E-state index is 0.0331. The summed E-state index contributed by atoms with van der Waals surface area (Å²) >= 11 is 0. The van der Waals surface area contributed by atoms with Crippen molar-refractivity contribution in [1.82, 2.24) is 24.6 Å². The van der Waals surface area contributed by atoms with E-state index in [-0.39, 0.29) is 22.7 Å². The number of aliphatic hydroxyl groups excluding tert-OH is 1. The van der Waals surface area contributed by atoms with Crippen LogP contribution in [0, 0.1) is 0 Å². The minimum Gasteiger partial charge on any atom is -0.462 e. The summed E-state index contributed by atoms with van der Waals surface area (Å²) in [5.74, 6) is -0.845. The zero-order valence-electron chi connectivity index (χ0n) is 23.7. The van der Waals surface area contributed by atoms with E-state index in [0.717, 1.165) is 17.2 Å². The first kappa shape index (κ1) is 31.6. The quantitative estimate of drug-likeness (QED) is 0.160. The number of benzene rings is 2. The summed E-state index contributed by atoms with van der Waals surface area (Å²) in [6.45, 7) is 3.19. The number of anilines is 1. The van der Waals surface area contributed by atoms with Crippen LogP contribution < -0.4 is 15.3 Å². The highest BCUT2D eigenvalue weighted by atomic mass is 31.2. The predicted molar refractivity (Wildman–Crippen MR) is 151 cm³/mol. The number of rotatable bonds is 11. The number of aliphatic hydroxyl groups is 1. The number of nitrogens with one attached hydrogen (secondary N) is 1.